The van der Waals surface area contributed by atoms with Crippen molar-refractivity contribution in [1.29, 1.82) is 0 Å². The van der Waals surface area contributed by atoms with Gasteiger partial charge < -0.3 is 15.5 Å². The summed E-state index contributed by atoms with van der Waals surface area (Å²) in [5.74, 6) is -0.620. The van der Waals surface area contributed by atoms with E-state index in [0.717, 1.165) is 23.4 Å². The molecule has 5 nitrogen and oxygen atoms in total. The number of anilines is 3. The molecule has 2 amide bonds. The number of nitrogens with zero attached hydrogens (tertiary/aromatic N) is 1. The fourth-order valence-corrected chi connectivity index (χ4v) is 2.95. The minimum Gasteiger partial charge on any atom is -0.374 e. The molecule has 0 unspecified atom stereocenters. The Morgan fingerprint density at radius 3 is 2.68 bits per heavy atom. The number of hydrogen-bond donors (Lipinski definition) is 2. The second-order valence-corrected chi connectivity index (χ2v) is 6.13. The van der Waals surface area contributed by atoms with Crippen LogP contribution in [0.1, 0.15) is 19.4 Å². The highest BCUT2D eigenvalue weighted by Gasteiger charge is 2.22. The maximum atomic E-state index is 13.2. The highest BCUT2D eigenvalue weighted by Crippen LogP contribution is 2.30. The summed E-state index contributed by atoms with van der Waals surface area (Å²) < 4.78 is 13.2. The summed E-state index contributed by atoms with van der Waals surface area (Å²) in [6.45, 7) is 3.98. The van der Waals surface area contributed by atoms with E-state index in [0.29, 0.717) is 12.2 Å². The first-order valence-corrected chi connectivity index (χ1v) is 8.18. The molecule has 2 aromatic carbocycles. The van der Waals surface area contributed by atoms with Gasteiger partial charge in [-0.25, -0.2) is 4.39 Å². The van der Waals surface area contributed by atoms with Crippen LogP contribution in [0.3, 0.4) is 0 Å². The van der Waals surface area contributed by atoms with Crippen molar-refractivity contribution in [1.82, 2.24) is 0 Å². The van der Waals surface area contributed by atoms with Gasteiger partial charge in [0.25, 0.3) is 0 Å². The van der Waals surface area contributed by atoms with Crippen LogP contribution in [0, 0.1) is 5.82 Å². The average molecular weight is 341 g/mol. The van der Waals surface area contributed by atoms with Crippen LogP contribution in [0.15, 0.2) is 42.5 Å². The van der Waals surface area contributed by atoms with Gasteiger partial charge in [0.15, 0.2) is 0 Å². The number of rotatable bonds is 4. The highest BCUT2D eigenvalue weighted by molar-refractivity contribution is 5.97. The lowest BCUT2D eigenvalue weighted by Gasteiger charge is -2.17. The third-order valence-electron chi connectivity index (χ3n) is 4.22. The van der Waals surface area contributed by atoms with Crippen molar-refractivity contribution in [3.8, 4) is 0 Å². The molecular formula is C19H20FN3O2. The maximum Gasteiger partial charge on any atom is 0.246 e. The van der Waals surface area contributed by atoms with Crippen LogP contribution >= 0.6 is 0 Å². The Balaban J connectivity index is 1.66. The van der Waals surface area contributed by atoms with Gasteiger partial charge in [-0.1, -0.05) is 6.07 Å². The third kappa shape index (κ3) is 3.79. The lowest BCUT2D eigenvalue weighted by molar-refractivity contribution is -0.117. The van der Waals surface area contributed by atoms with Crippen molar-refractivity contribution in [3.63, 3.8) is 0 Å². The quantitative estimate of drug-likeness (QED) is 0.898. The highest BCUT2D eigenvalue weighted by atomic mass is 19.1. The van der Waals surface area contributed by atoms with Crippen molar-refractivity contribution in [2.45, 2.75) is 26.3 Å². The van der Waals surface area contributed by atoms with Crippen LogP contribution in [0.4, 0.5) is 21.5 Å². The molecule has 1 aliphatic rings. The smallest absolute Gasteiger partial charge is 0.246 e. The fourth-order valence-electron chi connectivity index (χ4n) is 2.95. The van der Waals surface area contributed by atoms with Gasteiger partial charge in [0.1, 0.15) is 11.9 Å². The summed E-state index contributed by atoms with van der Waals surface area (Å²) in [5, 5.41) is 5.82. The largest absolute Gasteiger partial charge is 0.374 e. The Hall–Kier alpha value is -2.89. The Morgan fingerprint density at radius 1 is 1.16 bits per heavy atom. The van der Waals surface area contributed by atoms with E-state index in [4.69, 9.17) is 0 Å². The molecule has 0 bridgehead atoms. The summed E-state index contributed by atoms with van der Waals surface area (Å²) in [7, 11) is 0. The van der Waals surface area contributed by atoms with Gasteiger partial charge in [0.2, 0.25) is 11.8 Å². The summed E-state index contributed by atoms with van der Waals surface area (Å²) in [5.41, 5.74) is 3.24. The second kappa shape index (κ2) is 6.93. The normalized spacial score (nSPS) is 14.0. The van der Waals surface area contributed by atoms with E-state index in [1.807, 2.05) is 18.2 Å². The molecule has 0 radical (unpaired) electrons. The Morgan fingerprint density at radius 2 is 1.96 bits per heavy atom. The number of fused-ring (bicyclic) bond motifs is 1. The fraction of sp³-hybridized carbons (Fsp3) is 0.263. The number of halogens is 1. The van der Waals surface area contributed by atoms with Gasteiger partial charge in [0.05, 0.1) is 0 Å². The van der Waals surface area contributed by atoms with Gasteiger partial charge in [-0.05, 0) is 55.3 Å². The summed E-state index contributed by atoms with van der Waals surface area (Å²) in [6, 6.07) is 11.0. The molecule has 1 aliphatic heterocycles. The number of carbonyl (C=O) groups is 2. The molecule has 6 heteroatoms. The van der Waals surface area contributed by atoms with Crippen molar-refractivity contribution >= 4 is 28.9 Å². The van der Waals surface area contributed by atoms with Crippen molar-refractivity contribution < 1.29 is 14.0 Å². The predicted octanol–water partition coefficient (Wildman–Crippen LogP) is 3.17. The zero-order valence-electron chi connectivity index (χ0n) is 14.2. The predicted molar refractivity (Wildman–Crippen MR) is 96.3 cm³/mol. The lowest BCUT2D eigenvalue weighted by Crippen LogP contribution is -2.31. The SMILES string of the molecule is CC(=O)N1CCc2cc(N[C@H](C)C(=O)Nc3cccc(F)c3)ccc21. The standard InChI is InChI=1S/C19H20FN3O2/c1-12(19(25)22-16-5-3-4-15(20)11-16)21-17-6-7-18-14(10-17)8-9-23(18)13(2)24/h3-7,10-12,21H,8-9H2,1-2H3,(H,22,25)/t12-/m1/s1. The number of hydrogen-bond acceptors (Lipinski definition) is 3. The molecule has 0 aliphatic carbocycles. The molecule has 3 rings (SSSR count). The van der Waals surface area contributed by atoms with Crippen molar-refractivity contribution in [3.05, 3.63) is 53.8 Å². The topological polar surface area (TPSA) is 61.4 Å². The van der Waals surface area contributed by atoms with Crippen LogP contribution in [-0.2, 0) is 16.0 Å². The second-order valence-electron chi connectivity index (χ2n) is 6.13. The Bertz CT molecular complexity index is 822. The molecular weight excluding hydrogens is 321 g/mol. The summed E-state index contributed by atoms with van der Waals surface area (Å²) in [6.07, 6.45) is 0.800. The first-order chi connectivity index (χ1) is 11.9. The summed E-state index contributed by atoms with van der Waals surface area (Å²) >= 11 is 0. The van der Waals surface area contributed by atoms with Gasteiger partial charge >= 0.3 is 0 Å². The zero-order chi connectivity index (χ0) is 18.0. The van der Waals surface area contributed by atoms with E-state index < -0.39 is 11.9 Å². The number of amides is 2. The maximum absolute atomic E-state index is 13.2. The van der Waals surface area contributed by atoms with E-state index in [1.54, 1.807) is 30.9 Å². The molecule has 2 aromatic rings. The Labute approximate surface area is 145 Å². The van der Waals surface area contributed by atoms with Crippen molar-refractivity contribution in [2.75, 3.05) is 22.1 Å². The average Bonchev–Trinajstić information content (AvgIpc) is 2.98. The molecule has 1 atom stereocenters. The van der Waals surface area contributed by atoms with E-state index >= 15 is 0 Å². The van der Waals surface area contributed by atoms with E-state index in [9.17, 15) is 14.0 Å². The van der Waals surface area contributed by atoms with Crippen LogP contribution < -0.4 is 15.5 Å². The number of benzene rings is 2. The van der Waals surface area contributed by atoms with Crippen LogP contribution in [0.25, 0.3) is 0 Å². The van der Waals surface area contributed by atoms with E-state index in [-0.39, 0.29) is 11.8 Å². The summed E-state index contributed by atoms with van der Waals surface area (Å²) in [4.78, 5) is 25.6. The van der Waals surface area contributed by atoms with E-state index in [1.165, 1.54) is 12.1 Å². The van der Waals surface area contributed by atoms with Crippen molar-refractivity contribution in [2.24, 2.45) is 0 Å². The van der Waals surface area contributed by atoms with Crippen LogP contribution in [0.2, 0.25) is 0 Å². The zero-order valence-corrected chi connectivity index (χ0v) is 14.2. The molecule has 2 N–H and O–H groups in total. The van der Waals surface area contributed by atoms with Gasteiger partial charge in [-0.2, -0.15) is 0 Å². The Kier molecular flexibility index (Phi) is 4.70. The molecule has 0 saturated heterocycles. The van der Waals surface area contributed by atoms with Crippen LogP contribution in [0.5, 0.6) is 0 Å². The molecule has 0 fully saturated rings. The number of nitrogens with one attached hydrogen (secondary N) is 2. The molecule has 130 valence electrons. The number of carbonyl (C=O) groups excluding carboxylic acids is 2. The molecule has 0 spiro atoms. The van der Waals surface area contributed by atoms with Crippen LogP contribution in [-0.4, -0.2) is 24.4 Å². The van der Waals surface area contributed by atoms with E-state index in [2.05, 4.69) is 10.6 Å². The van der Waals surface area contributed by atoms with Gasteiger partial charge in [-0.3, -0.25) is 9.59 Å². The molecule has 0 saturated carbocycles. The third-order valence-corrected chi connectivity index (χ3v) is 4.22. The molecule has 0 aromatic heterocycles. The lowest BCUT2D eigenvalue weighted by atomic mass is 10.1. The monoisotopic (exact) mass is 341 g/mol. The van der Waals surface area contributed by atoms with Gasteiger partial charge in [0, 0.05) is 30.5 Å². The first kappa shape index (κ1) is 17.0. The minimum atomic E-state index is -0.494. The molecule has 25 heavy (non-hydrogen) atoms. The first-order valence-electron chi connectivity index (χ1n) is 8.18. The minimum absolute atomic E-state index is 0.0299. The van der Waals surface area contributed by atoms with Gasteiger partial charge in [-0.15, -0.1) is 0 Å². The molecule has 1 heterocycles.